The van der Waals surface area contributed by atoms with Crippen molar-refractivity contribution in [1.82, 2.24) is 24.3 Å². The van der Waals surface area contributed by atoms with Crippen molar-refractivity contribution < 1.29 is 50.5 Å². The number of nitrogens with one attached hydrogen (secondary N) is 2. The van der Waals surface area contributed by atoms with Gasteiger partial charge in [0, 0.05) is 5.56 Å². The number of aromatic nitrogens is 4. The van der Waals surface area contributed by atoms with Gasteiger partial charge in [-0.05, 0) is 42.9 Å². The van der Waals surface area contributed by atoms with Gasteiger partial charge in [-0.1, -0.05) is 12.1 Å². The normalized spacial score (nSPS) is 12.4. The van der Waals surface area contributed by atoms with Gasteiger partial charge in [0.2, 0.25) is 0 Å². The predicted molar refractivity (Wildman–Crippen MR) is 139 cm³/mol. The van der Waals surface area contributed by atoms with E-state index in [1.54, 1.807) is 0 Å². The van der Waals surface area contributed by atoms with Gasteiger partial charge in [0.15, 0.2) is 5.65 Å². The summed E-state index contributed by atoms with van der Waals surface area (Å²) >= 11 is 0.725. The molecule has 4 rings (SSSR count). The summed E-state index contributed by atoms with van der Waals surface area (Å²) in [4.78, 5) is 18.8. The lowest BCUT2D eigenvalue weighted by Gasteiger charge is -2.25. The van der Waals surface area contributed by atoms with Gasteiger partial charge in [-0.2, -0.15) is 23.0 Å². The van der Waals surface area contributed by atoms with Crippen LogP contribution in [0.15, 0.2) is 40.7 Å². The average Bonchev–Trinajstić information content (AvgIpc) is 3.50. The first-order valence-corrected chi connectivity index (χ1v) is 13.7. The van der Waals surface area contributed by atoms with Gasteiger partial charge in [0.25, 0.3) is 16.4 Å². The van der Waals surface area contributed by atoms with Crippen molar-refractivity contribution >= 4 is 38.1 Å². The molecule has 3 heterocycles. The van der Waals surface area contributed by atoms with Gasteiger partial charge in [-0.25, -0.2) is 31.5 Å². The molecule has 0 atom stereocenters. The fourth-order valence-electron chi connectivity index (χ4n) is 3.39. The van der Waals surface area contributed by atoms with Crippen LogP contribution in [0.3, 0.4) is 0 Å². The van der Waals surface area contributed by atoms with Crippen molar-refractivity contribution in [2.24, 2.45) is 0 Å². The van der Waals surface area contributed by atoms with Crippen molar-refractivity contribution in [1.29, 1.82) is 0 Å². The van der Waals surface area contributed by atoms with Crippen LogP contribution in [-0.4, -0.2) is 68.0 Å². The van der Waals surface area contributed by atoms with E-state index in [1.165, 1.54) is 13.8 Å². The molecule has 0 aliphatic carbocycles. The van der Waals surface area contributed by atoms with Crippen LogP contribution in [-0.2, 0) is 16.2 Å². The highest BCUT2D eigenvalue weighted by atomic mass is 32.2. The van der Waals surface area contributed by atoms with Gasteiger partial charge in [0.1, 0.15) is 15.5 Å². The number of alkyl halides is 5. The van der Waals surface area contributed by atoms with E-state index in [4.69, 9.17) is 21.1 Å². The van der Waals surface area contributed by atoms with Gasteiger partial charge < -0.3 is 26.0 Å². The number of hydrogen-bond donors (Lipinski definition) is 4. The number of thiazole rings is 1. The van der Waals surface area contributed by atoms with Crippen LogP contribution in [0.25, 0.3) is 22.6 Å². The first-order valence-electron chi connectivity index (χ1n) is 11.4. The molecule has 4 aromatic rings. The standard InChI is InChI=1S/C15H8F5N3O2.C8H14N3O4S2/c16-12(17)11-5-10(7-1-3-8(4-2-7)15(18,19)20)22-13-9(14(24)25)6-21-23(11)13;1-5-6(16-7(9)10-5)17(14,15)11-8(2,3-12)4-13/h1-6,12H,(H,24,25);11-13H,3-4H2,1-2H3,(H-,9,10)/q;-1. The lowest BCUT2D eigenvalue weighted by atomic mass is 10.1. The van der Waals surface area contributed by atoms with Crippen LogP contribution in [0.1, 0.15) is 40.7 Å². The third kappa shape index (κ3) is 7.16. The third-order valence-electron chi connectivity index (χ3n) is 5.54. The fourth-order valence-corrected chi connectivity index (χ4v) is 6.04. The molecule has 0 unspecified atom stereocenters. The Bertz CT molecular complexity index is 1690. The van der Waals surface area contributed by atoms with Crippen molar-refractivity contribution in [3.05, 3.63) is 64.8 Å². The molecule has 1 aromatic carbocycles. The number of carboxylic acid groups (broad SMARTS) is 1. The van der Waals surface area contributed by atoms with E-state index in [-0.39, 0.29) is 31.9 Å². The second-order valence-corrected chi connectivity index (χ2v) is 11.8. The summed E-state index contributed by atoms with van der Waals surface area (Å²) in [5, 5.41) is 30.6. The molecule has 0 aliphatic rings. The highest BCUT2D eigenvalue weighted by Crippen LogP contribution is 2.32. The molecule has 5 N–H and O–H groups in total. The molecule has 0 saturated carbocycles. The summed E-state index contributed by atoms with van der Waals surface area (Å²) in [6.07, 6.45) is -6.64. The molecule has 0 saturated heterocycles. The topological polar surface area (TPSA) is 191 Å². The number of sulfonamides is 1. The molecule has 12 nitrogen and oxygen atoms in total. The Morgan fingerprint density at radius 2 is 1.74 bits per heavy atom. The SMILES string of the molecule is Cc1nc([NH-])sc1S(=O)(=O)NC(C)(CO)CO.O=C(O)c1cnn2c(C(F)F)cc(-c3ccc(C(F)(F)F)cc3)nc12. The zero-order valence-corrected chi connectivity index (χ0v) is 23.2. The monoisotopic (exact) mass is 637 g/mol. The van der Waals surface area contributed by atoms with Crippen LogP contribution < -0.4 is 4.72 Å². The average molecular weight is 638 g/mol. The summed E-state index contributed by atoms with van der Waals surface area (Å²) in [6, 6.07) is 4.69. The van der Waals surface area contributed by atoms with E-state index in [9.17, 15) is 35.2 Å². The Balaban J connectivity index is 0.000000250. The summed E-state index contributed by atoms with van der Waals surface area (Å²) in [5.74, 6) is -1.41. The van der Waals surface area contributed by atoms with Crippen molar-refractivity contribution in [2.75, 3.05) is 13.2 Å². The molecular formula is C23H22F5N6O6S2-. The van der Waals surface area contributed by atoms with Crippen LogP contribution >= 0.6 is 11.3 Å². The molecule has 19 heteroatoms. The van der Waals surface area contributed by atoms with Gasteiger partial charge >= 0.3 is 12.1 Å². The zero-order valence-electron chi connectivity index (χ0n) is 21.5. The molecule has 3 aromatic heterocycles. The number of aromatic carboxylic acids is 1. The number of aliphatic hydroxyl groups excluding tert-OH is 2. The number of carboxylic acids is 1. The molecule has 0 spiro atoms. The smallest absolute Gasteiger partial charge is 0.416 e. The third-order valence-corrected chi connectivity index (χ3v) is 8.76. The minimum absolute atomic E-state index is 0.0735. The molecule has 0 fully saturated rings. The van der Waals surface area contributed by atoms with Crippen LogP contribution in [0, 0.1) is 6.92 Å². The second kappa shape index (κ2) is 12.2. The molecule has 42 heavy (non-hydrogen) atoms. The maximum absolute atomic E-state index is 13.2. The summed E-state index contributed by atoms with van der Waals surface area (Å²) < 4.78 is 91.0. The second-order valence-electron chi connectivity index (χ2n) is 8.92. The number of rotatable bonds is 8. The lowest BCUT2D eigenvalue weighted by molar-refractivity contribution is -0.137. The Hall–Kier alpha value is -3.78. The predicted octanol–water partition coefficient (Wildman–Crippen LogP) is 4.21. The van der Waals surface area contributed by atoms with E-state index in [2.05, 4.69) is 19.8 Å². The first kappa shape index (κ1) is 32.7. The number of fused-ring (bicyclic) bond motifs is 1. The van der Waals surface area contributed by atoms with E-state index < -0.39 is 64.2 Å². The number of benzene rings is 1. The minimum Gasteiger partial charge on any atom is -0.477 e. The highest BCUT2D eigenvalue weighted by Gasteiger charge is 2.31. The van der Waals surface area contributed by atoms with E-state index in [0.717, 1.165) is 47.9 Å². The van der Waals surface area contributed by atoms with Crippen molar-refractivity contribution in [3.8, 4) is 11.3 Å². The van der Waals surface area contributed by atoms with E-state index >= 15 is 0 Å². The fraction of sp³-hybridized carbons (Fsp3) is 0.304. The Labute approximate surface area is 238 Å². The largest absolute Gasteiger partial charge is 0.477 e. The Kier molecular flexibility index (Phi) is 9.52. The van der Waals surface area contributed by atoms with Crippen molar-refractivity contribution in [3.63, 3.8) is 0 Å². The summed E-state index contributed by atoms with van der Waals surface area (Å²) in [5.41, 5.74) is 3.98. The Morgan fingerprint density at radius 3 is 2.19 bits per heavy atom. The maximum Gasteiger partial charge on any atom is 0.416 e. The van der Waals surface area contributed by atoms with Crippen LogP contribution in [0.5, 0.6) is 0 Å². The number of carbonyl (C=O) groups is 1. The van der Waals surface area contributed by atoms with E-state index in [1.807, 2.05) is 0 Å². The summed E-state index contributed by atoms with van der Waals surface area (Å²) in [7, 11) is -3.89. The van der Waals surface area contributed by atoms with Gasteiger partial charge in [-0.3, -0.25) is 0 Å². The molecule has 0 bridgehead atoms. The van der Waals surface area contributed by atoms with Crippen LogP contribution in [0.2, 0.25) is 0 Å². The maximum atomic E-state index is 13.2. The number of hydrogen-bond acceptors (Lipinski definition) is 9. The minimum atomic E-state index is -4.54. The number of halogens is 5. The first-order chi connectivity index (χ1) is 19.4. The van der Waals surface area contributed by atoms with E-state index in [0.29, 0.717) is 4.52 Å². The van der Waals surface area contributed by atoms with Crippen LogP contribution in [0.4, 0.5) is 27.1 Å². The lowest BCUT2D eigenvalue weighted by Crippen LogP contribution is -2.51. The highest BCUT2D eigenvalue weighted by molar-refractivity contribution is 7.91. The molecule has 0 amide bonds. The molecule has 0 aliphatic heterocycles. The van der Waals surface area contributed by atoms with Gasteiger partial charge in [-0.15, -0.1) is 11.3 Å². The van der Waals surface area contributed by atoms with Crippen molar-refractivity contribution in [2.45, 2.75) is 36.2 Å². The zero-order chi connectivity index (χ0) is 31.6. The number of nitrogens with zero attached hydrogens (tertiary/aromatic N) is 4. The molecular weight excluding hydrogens is 615 g/mol. The number of aryl methyl sites for hydroxylation is 1. The summed E-state index contributed by atoms with van der Waals surface area (Å²) in [6.45, 7) is 1.80. The van der Waals surface area contributed by atoms with Gasteiger partial charge in [0.05, 0.1) is 36.2 Å². The molecule has 228 valence electrons. The number of aliphatic hydroxyl groups is 2. The Morgan fingerprint density at radius 1 is 1.14 bits per heavy atom. The molecule has 0 radical (unpaired) electrons. The quantitative estimate of drug-likeness (QED) is 0.205.